The first-order valence-electron chi connectivity index (χ1n) is 10.8. The zero-order valence-electron chi connectivity index (χ0n) is 19.0. The molecule has 3 amide bonds. The van der Waals surface area contributed by atoms with Crippen molar-refractivity contribution in [1.82, 2.24) is 25.9 Å². The second kappa shape index (κ2) is 14.6. The van der Waals surface area contributed by atoms with Crippen molar-refractivity contribution in [3.05, 3.63) is 18.2 Å². The van der Waals surface area contributed by atoms with Crippen LogP contribution in [0.3, 0.4) is 0 Å². The highest BCUT2D eigenvalue weighted by Crippen LogP contribution is 2.06. The van der Waals surface area contributed by atoms with Gasteiger partial charge in [0.15, 0.2) is 0 Å². The number of nitrogens with zero attached hydrogens (tertiary/aromatic N) is 1. The Bertz CT molecular complexity index is 829. The average Bonchev–Trinajstić information content (AvgIpc) is 3.28. The molecule has 0 aromatic carbocycles. The van der Waals surface area contributed by atoms with Crippen molar-refractivity contribution in [3.8, 4) is 0 Å². The van der Waals surface area contributed by atoms with Gasteiger partial charge in [0.25, 0.3) is 0 Å². The first kappa shape index (κ1) is 28.5. The number of nitrogens with one attached hydrogen (secondary N) is 4. The Hall–Kier alpha value is -3.52. The summed E-state index contributed by atoms with van der Waals surface area (Å²) in [7, 11) is 0. The third-order valence-electron chi connectivity index (χ3n) is 4.87. The Labute approximate surface area is 196 Å². The molecule has 1 aromatic heterocycles. The number of unbranched alkanes of at least 4 members (excludes halogenated alkanes) is 1. The first-order valence-corrected chi connectivity index (χ1v) is 10.8. The van der Waals surface area contributed by atoms with Gasteiger partial charge in [-0.3, -0.25) is 19.2 Å². The molecule has 0 saturated carbocycles. The van der Waals surface area contributed by atoms with Crippen molar-refractivity contribution in [2.24, 2.45) is 11.5 Å². The topological polar surface area (TPSA) is 243 Å². The van der Waals surface area contributed by atoms with Crippen LogP contribution in [0.15, 0.2) is 12.5 Å². The highest BCUT2D eigenvalue weighted by molar-refractivity contribution is 5.94. The molecule has 0 fully saturated rings. The Morgan fingerprint density at radius 2 is 1.59 bits per heavy atom. The summed E-state index contributed by atoms with van der Waals surface area (Å²) in [5.74, 6) is -4.71. The quantitative estimate of drug-likeness (QED) is 0.118. The number of amides is 3. The van der Waals surface area contributed by atoms with Gasteiger partial charge in [-0.15, -0.1) is 0 Å². The number of aromatic amines is 1. The standard InChI is InChI=1S/C20H33N7O7/c1-11(22)17(30)27-15(8-12-9-23-10-24-12)19(32)25-13(5-6-16(28)29)18(31)26-14(20(33)34)4-2-3-7-21/h9-11,13-15H,2-8,21-22H2,1H3,(H,23,24)(H,25,32)(H,26,31)(H,27,30)(H,28,29)(H,33,34). The number of hydrogen-bond acceptors (Lipinski definition) is 8. The molecular weight excluding hydrogens is 450 g/mol. The van der Waals surface area contributed by atoms with Crippen LogP contribution in [-0.4, -0.2) is 80.6 Å². The molecule has 4 unspecified atom stereocenters. The maximum atomic E-state index is 13.0. The predicted octanol–water partition coefficient (Wildman–Crippen LogP) is -2.17. The summed E-state index contributed by atoms with van der Waals surface area (Å²) in [5, 5.41) is 25.7. The summed E-state index contributed by atoms with van der Waals surface area (Å²) >= 11 is 0. The van der Waals surface area contributed by atoms with E-state index in [0.29, 0.717) is 25.1 Å². The average molecular weight is 484 g/mol. The highest BCUT2D eigenvalue weighted by Gasteiger charge is 2.30. The van der Waals surface area contributed by atoms with E-state index in [1.54, 1.807) is 0 Å². The lowest BCUT2D eigenvalue weighted by Crippen LogP contribution is -2.57. The summed E-state index contributed by atoms with van der Waals surface area (Å²) < 4.78 is 0. The van der Waals surface area contributed by atoms with Crippen molar-refractivity contribution in [2.45, 2.75) is 69.6 Å². The lowest BCUT2D eigenvalue weighted by Gasteiger charge is -2.24. The predicted molar refractivity (Wildman–Crippen MR) is 119 cm³/mol. The van der Waals surface area contributed by atoms with Crippen LogP contribution in [0.5, 0.6) is 0 Å². The smallest absolute Gasteiger partial charge is 0.326 e. The number of carboxylic acid groups (broad SMARTS) is 2. The molecule has 14 heteroatoms. The number of aliphatic carboxylic acids is 2. The van der Waals surface area contributed by atoms with Gasteiger partial charge in [0.05, 0.1) is 12.4 Å². The molecular formula is C20H33N7O7. The summed E-state index contributed by atoms with van der Waals surface area (Å²) in [6, 6.07) is -4.65. The van der Waals surface area contributed by atoms with Crippen LogP contribution in [0.1, 0.15) is 44.7 Å². The zero-order chi connectivity index (χ0) is 25.7. The minimum absolute atomic E-state index is 0.00555. The number of hydrogen-bond donors (Lipinski definition) is 8. The van der Waals surface area contributed by atoms with Crippen LogP contribution >= 0.6 is 0 Å². The third kappa shape index (κ3) is 10.4. The molecule has 4 atom stereocenters. The number of carbonyl (C=O) groups excluding carboxylic acids is 3. The van der Waals surface area contributed by atoms with Crippen LogP contribution < -0.4 is 27.4 Å². The van der Waals surface area contributed by atoms with Crippen molar-refractivity contribution in [1.29, 1.82) is 0 Å². The third-order valence-corrected chi connectivity index (χ3v) is 4.87. The van der Waals surface area contributed by atoms with Crippen LogP contribution in [-0.2, 0) is 30.4 Å². The van der Waals surface area contributed by atoms with Gasteiger partial charge in [-0.2, -0.15) is 0 Å². The van der Waals surface area contributed by atoms with Gasteiger partial charge in [0, 0.05) is 24.7 Å². The van der Waals surface area contributed by atoms with Crippen LogP contribution in [0, 0.1) is 0 Å². The maximum Gasteiger partial charge on any atom is 0.326 e. The van der Waals surface area contributed by atoms with E-state index >= 15 is 0 Å². The lowest BCUT2D eigenvalue weighted by molar-refractivity contribution is -0.143. The van der Waals surface area contributed by atoms with E-state index in [2.05, 4.69) is 25.9 Å². The Balaban J connectivity index is 3.00. The molecule has 1 aromatic rings. The van der Waals surface area contributed by atoms with E-state index in [-0.39, 0.29) is 19.3 Å². The monoisotopic (exact) mass is 483 g/mol. The Morgan fingerprint density at radius 1 is 0.971 bits per heavy atom. The van der Waals surface area contributed by atoms with Crippen LogP contribution in [0.2, 0.25) is 0 Å². The molecule has 14 nitrogen and oxygen atoms in total. The molecule has 0 radical (unpaired) electrons. The molecule has 34 heavy (non-hydrogen) atoms. The number of H-pyrrole nitrogens is 1. The molecule has 0 saturated heterocycles. The minimum Gasteiger partial charge on any atom is -0.481 e. The van der Waals surface area contributed by atoms with Gasteiger partial charge in [-0.1, -0.05) is 0 Å². The van der Waals surface area contributed by atoms with Crippen molar-refractivity contribution < 1.29 is 34.2 Å². The normalized spacial score (nSPS) is 14.3. The maximum absolute atomic E-state index is 13.0. The van der Waals surface area contributed by atoms with Crippen LogP contribution in [0.25, 0.3) is 0 Å². The molecule has 0 aliphatic rings. The van der Waals surface area contributed by atoms with E-state index in [1.807, 2.05) is 0 Å². The molecule has 0 aliphatic carbocycles. The van der Waals surface area contributed by atoms with Crippen LogP contribution in [0.4, 0.5) is 0 Å². The second-order valence-corrected chi connectivity index (χ2v) is 7.81. The van der Waals surface area contributed by atoms with E-state index in [1.165, 1.54) is 19.4 Å². The van der Waals surface area contributed by atoms with E-state index in [4.69, 9.17) is 16.6 Å². The fourth-order valence-corrected chi connectivity index (χ4v) is 2.96. The van der Waals surface area contributed by atoms with Gasteiger partial charge in [-0.25, -0.2) is 9.78 Å². The molecule has 10 N–H and O–H groups in total. The zero-order valence-corrected chi connectivity index (χ0v) is 19.0. The van der Waals surface area contributed by atoms with Crippen molar-refractivity contribution in [2.75, 3.05) is 6.54 Å². The summed E-state index contributed by atoms with van der Waals surface area (Å²) in [4.78, 5) is 67.0. The Kier molecular flexibility index (Phi) is 12.2. The number of carboxylic acids is 2. The number of rotatable bonds is 16. The molecule has 0 aliphatic heterocycles. The number of imidazole rings is 1. The fraction of sp³-hybridized carbons (Fsp3) is 0.600. The SMILES string of the molecule is CC(N)C(=O)NC(Cc1cnc[nH]1)C(=O)NC(CCC(=O)O)C(=O)NC(CCCCN)C(=O)O. The largest absolute Gasteiger partial charge is 0.481 e. The molecule has 0 spiro atoms. The number of nitrogens with two attached hydrogens (primary N) is 2. The van der Waals surface area contributed by atoms with Gasteiger partial charge in [-0.05, 0) is 39.2 Å². The van der Waals surface area contributed by atoms with Gasteiger partial charge >= 0.3 is 11.9 Å². The van der Waals surface area contributed by atoms with E-state index < -0.39 is 60.2 Å². The highest BCUT2D eigenvalue weighted by atomic mass is 16.4. The van der Waals surface area contributed by atoms with Gasteiger partial charge in [0.1, 0.15) is 18.1 Å². The van der Waals surface area contributed by atoms with Gasteiger partial charge < -0.3 is 42.6 Å². The number of carbonyl (C=O) groups is 5. The van der Waals surface area contributed by atoms with Crippen molar-refractivity contribution in [3.63, 3.8) is 0 Å². The molecule has 0 bridgehead atoms. The van der Waals surface area contributed by atoms with E-state index in [0.717, 1.165) is 0 Å². The first-order chi connectivity index (χ1) is 16.0. The fourth-order valence-electron chi connectivity index (χ4n) is 2.96. The summed E-state index contributed by atoms with van der Waals surface area (Å²) in [6.45, 7) is 1.79. The minimum atomic E-state index is -1.35. The van der Waals surface area contributed by atoms with E-state index in [9.17, 15) is 29.1 Å². The lowest BCUT2D eigenvalue weighted by atomic mass is 10.1. The summed E-state index contributed by atoms with van der Waals surface area (Å²) in [5.41, 5.74) is 11.5. The molecule has 1 rings (SSSR count). The summed E-state index contributed by atoms with van der Waals surface area (Å²) in [6.07, 6.45) is 3.21. The molecule has 1 heterocycles. The second-order valence-electron chi connectivity index (χ2n) is 7.81. The van der Waals surface area contributed by atoms with Gasteiger partial charge in [0.2, 0.25) is 17.7 Å². The molecule has 190 valence electrons. The number of aromatic nitrogens is 2. The van der Waals surface area contributed by atoms with Crippen molar-refractivity contribution >= 4 is 29.7 Å². The Morgan fingerprint density at radius 3 is 2.12 bits per heavy atom.